The van der Waals surface area contributed by atoms with Gasteiger partial charge >= 0.3 is 0 Å². The van der Waals surface area contributed by atoms with Crippen molar-refractivity contribution in [1.82, 2.24) is 4.72 Å². The molecule has 2 aliphatic rings. The highest BCUT2D eigenvalue weighted by Gasteiger charge is 2.35. The smallest absolute Gasteiger partial charge is 0.262 e. The molecular formula is C14H20ClN3O5S. The zero-order valence-electron chi connectivity index (χ0n) is 13.1. The lowest BCUT2D eigenvalue weighted by atomic mass is 10.2. The normalized spacial score (nSPS) is 17.8. The van der Waals surface area contributed by atoms with Crippen molar-refractivity contribution >= 4 is 34.0 Å². The van der Waals surface area contributed by atoms with Crippen molar-refractivity contribution in [1.29, 1.82) is 0 Å². The summed E-state index contributed by atoms with van der Waals surface area (Å²) in [7, 11) is -2.45. The molecular weight excluding hydrogens is 358 g/mol. The average Bonchev–Trinajstić information content (AvgIpc) is 3.36. The number of nitrogens with two attached hydrogens (primary N) is 1. The number of anilines is 1. The fourth-order valence-electron chi connectivity index (χ4n) is 2.56. The van der Waals surface area contributed by atoms with Gasteiger partial charge in [0, 0.05) is 24.7 Å². The van der Waals surface area contributed by atoms with Gasteiger partial charge in [-0.05, 0) is 18.8 Å². The van der Waals surface area contributed by atoms with Gasteiger partial charge in [-0.2, -0.15) is 0 Å². The third-order valence-corrected chi connectivity index (χ3v) is 5.45. The Morgan fingerprint density at radius 2 is 2.17 bits per heavy atom. The molecule has 0 saturated heterocycles. The van der Waals surface area contributed by atoms with Crippen molar-refractivity contribution in [3.8, 4) is 11.5 Å². The number of methoxy groups -OCH3 is 1. The Bertz CT molecular complexity index is 736. The van der Waals surface area contributed by atoms with E-state index < -0.39 is 10.0 Å². The highest BCUT2D eigenvalue weighted by molar-refractivity contribution is 7.89. The van der Waals surface area contributed by atoms with Gasteiger partial charge in [-0.3, -0.25) is 4.79 Å². The molecule has 1 amide bonds. The molecule has 0 aromatic heterocycles. The minimum absolute atomic E-state index is 0. The maximum atomic E-state index is 12.7. The molecule has 0 bridgehead atoms. The predicted octanol–water partition coefficient (Wildman–Crippen LogP) is 0.463. The summed E-state index contributed by atoms with van der Waals surface area (Å²) >= 11 is 0. The molecule has 3 rings (SSSR count). The van der Waals surface area contributed by atoms with E-state index in [4.69, 9.17) is 15.2 Å². The summed E-state index contributed by atoms with van der Waals surface area (Å²) in [5, 5.41) is 2.61. The molecule has 24 heavy (non-hydrogen) atoms. The summed E-state index contributed by atoms with van der Waals surface area (Å²) in [5.41, 5.74) is 6.05. The summed E-state index contributed by atoms with van der Waals surface area (Å²) in [6, 6.07) is 2.51. The lowest BCUT2D eigenvalue weighted by Crippen LogP contribution is -2.41. The van der Waals surface area contributed by atoms with Gasteiger partial charge in [-0.15, -0.1) is 12.4 Å². The number of nitrogens with one attached hydrogen (secondary N) is 2. The number of hydrogen-bond acceptors (Lipinski definition) is 6. The van der Waals surface area contributed by atoms with E-state index in [-0.39, 0.29) is 54.1 Å². The van der Waals surface area contributed by atoms with Gasteiger partial charge in [-0.25, -0.2) is 13.1 Å². The quantitative estimate of drug-likeness (QED) is 0.662. The van der Waals surface area contributed by atoms with Crippen LogP contribution in [0, 0.1) is 5.92 Å². The number of amides is 1. The second-order valence-corrected chi connectivity index (χ2v) is 7.32. The van der Waals surface area contributed by atoms with E-state index in [2.05, 4.69) is 10.0 Å². The fraction of sp³-hybridized carbons (Fsp3) is 0.500. The largest absolute Gasteiger partial charge is 0.495 e. The van der Waals surface area contributed by atoms with Crippen LogP contribution in [0.4, 0.5) is 5.69 Å². The number of sulfonamides is 1. The van der Waals surface area contributed by atoms with Crippen LogP contribution < -0.4 is 25.2 Å². The average molecular weight is 378 g/mol. The first kappa shape index (κ1) is 18.8. The van der Waals surface area contributed by atoms with Crippen LogP contribution >= 0.6 is 12.4 Å². The van der Waals surface area contributed by atoms with Gasteiger partial charge < -0.3 is 20.5 Å². The van der Waals surface area contributed by atoms with Crippen LogP contribution in [-0.4, -0.2) is 40.6 Å². The molecule has 1 aliphatic carbocycles. The first-order valence-electron chi connectivity index (χ1n) is 7.31. The highest BCUT2D eigenvalue weighted by Crippen LogP contribution is 2.38. The fourth-order valence-corrected chi connectivity index (χ4v) is 4.04. The van der Waals surface area contributed by atoms with Crippen molar-refractivity contribution in [2.45, 2.75) is 23.8 Å². The van der Waals surface area contributed by atoms with E-state index in [9.17, 15) is 13.2 Å². The van der Waals surface area contributed by atoms with E-state index in [0.29, 0.717) is 11.4 Å². The van der Waals surface area contributed by atoms with Crippen LogP contribution in [0.1, 0.15) is 12.8 Å². The van der Waals surface area contributed by atoms with Crippen LogP contribution in [-0.2, 0) is 14.8 Å². The molecule has 1 aliphatic heterocycles. The number of fused-ring (bicyclic) bond motifs is 1. The molecule has 1 fully saturated rings. The number of hydrogen-bond donors (Lipinski definition) is 3. The van der Waals surface area contributed by atoms with E-state index in [1.54, 1.807) is 0 Å². The Hall–Kier alpha value is -1.55. The van der Waals surface area contributed by atoms with Crippen molar-refractivity contribution in [3.05, 3.63) is 12.1 Å². The number of benzene rings is 1. The maximum Gasteiger partial charge on any atom is 0.262 e. The van der Waals surface area contributed by atoms with Crippen LogP contribution in [0.5, 0.6) is 11.5 Å². The molecule has 4 N–H and O–H groups in total. The molecule has 1 aromatic rings. The minimum Gasteiger partial charge on any atom is -0.495 e. The van der Waals surface area contributed by atoms with Crippen LogP contribution in [0.25, 0.3) is 0 Å². The molecule has 134 valence electrons. The zero-order valence-corrected chi connectivity index (χ0v) is 14.7. The number of ether oxygens (including phenoxy) is 2. The Kier molecular flexibility index (Phi) is 5.59. The number of carbonyl (C=O) groups is 1. The predicted molar refractivity (Wildman–Crippen MR) is 90.3 cm³/mol. The van der Waals surface area contributed by atoms with Crippen molar-refractivity contribution < 1.29 is 22.7 Å². The SMILES string of the molecule is COc1cc2c(cc1S(=O)(=O)NC(CN)C1CC1)OCC(=O)N2.Cl. The number of rotatable bonds is 6. The number of halogens is 1. The van der Waals surface area contributed by atoms with Gasteiger partial charge in [-0.1, -0.05) is 0 Å². The maximum absolute atomic E-state index is 12.7. The summed E-state index contributed by atoms with van der Waals surface area (Å²) in [4.78, 5) is 11.3. The van der Waals surface area contributed by atoms with E-state index in [1.165, 1.54) is 19.2 Å². The van der Waals surface area contributed by atoms with Gasteiger partial charge in [0.1, 0.15) is 16.4 Å². The topological polar surface area (TPSA) is 120 Å². The summed E-state index contributed by atoms with van der Waals surface area (Å²) in [6.07, 6.45) is 1.95. The summed E-state index contributed by atoms with van der Waals surface area (Å²) < 4.78 is 38.4. The third kappa shape index (κ3) is 3.75. The first-order valence-corrected chi connectivity index (χ1v) is 8.80. The minimum atomic E-state index is -3.81. The van der Waals surface area contributed by atoms with E-state index in [0.717, 1.165) is 12.8 Å². The third-order valence-electron chi connectivity index (χ3n) is 3.94. The summed E-state index contributed by atoms with van der Waals surface area (Å²) in [6.45, 7) is 0.0868. The molecule has 1 aromatic carbocycles. The standard InChI is InChI=1S/C14H19N3O5S.ClH/c1-21-12-4-9-11(22-7-14(18)16-9)5-13(12)23(19,20)17-10(6-15)8-2-3-8;/h4-5,8,10,17H,2-3,6-7,15H2,1H3,(H,16,18);1H. The number of carbonyl (C=O) groups excluding carboxylic acids is 1. The lowest BCUT2D eigenvalue weighted by Gasteiger charge is -2.22. The van der Waals surface area contributed by atoms with Crippen LogP contribution in [0.3, 0.4) is 0 Å². The van der Waals surface area contributed by atoms with Gasteiger partial charge in [0.2, 0.25) is 10.0 Å². The molecule has 1 unspecified atom stereocenters. The first-order chi connectivity index (χ1) is 10.9. The highest BCUT2D eigenvalue weighted by atomic mass is 35.5. The molecule has 0 spiro atoms. The summed E-state index contributed by atoms with van der Waals surface area (Å²) in [5.74, 6) is 0.411. The van der Waals surface area contributed by atoms with Crippen molar-refractivity contribution in [2.75, 3.05) is 25.6 Å². The Labute approximate surface area is 146 Å². The van der Waals surface area contributed by atoms with Gasteiger partial charge in [0.05, 0.1) is 12.8 Å². The van der Waals surface area contributed by atoms with Crippen molar-refractivity contribution in [3.63, 3.8) is 0 Å². The molecule has 1 saturated carbocycles. The lowest BCUT2D eigenvalue weighted by molar-refractivity contribution is -0.118. The molecule has 1 atom stereocenters. The van der Waals surface area contributed by atoms with Gasteiger partial charge in [0.15, 0.2) is 6.61 Å². The van der Waals surface area contributed by atoms with Crippen LogP contribution in [0.2, 0.25) is 0 Å². The Morgan fingerprint density at radius 3 is 2.75 bits per heavy atom. The monoisotopic (exact) mass is 377 g/mol. The molecule has 1 heterocycles. The van der Waals surface area contributed by atoms with E-state index >= 15 is 0 Å². The van der Waals surface area contributed by atoms with Crippen LogP contribution in [0.15, 0.2) is 17.0 Å². The molecule has 8 nitrogen and oxygen atoms in total. The van der Waals surface area contributed by atoms with Crippen molar-refractivity contribution in [2.24, 2.45) is 11.7 Å². The van der Waals surface area contributed by atoms with Gasteiger partial charge in [0.25, 0.3) is 5.91 Å². The molecule has 0 radical (unpaired) electrons. The Morgan fingerprint density at radius 1 is 1.46 bits per heavy atom. The second-order valence-electron chi connectivity index (χ2n) is 5.64. The zero-order chi connectivity index (χ0) is 16.6. The Balaban J connectivity index is 0.00000208. The van der Waals surface area contributed by atoms with E-state index in [1.807, 2.05) is 0 Å². The molecule has 10 heteroatoms. The second kappa shape index (κ2) is 7.14.